The molecule has 0 spiro atoms. The number of carbonyl (C=O) groups excluding carboxylic acids is 3. The molecule has 168 valence electrons. The van der Waals surface area contributed by atoms with Gasteiger partial charge in [-0.2, -0.15) is 13.2 Å². The second kappa shape index (κ2) is 8.38. The van der Waals surface area contributed by atoms with Crippen LogP contribution in [-0.4, -0.2) is 29.3 Å². The number of para-hydroxylation sites is 2. The summed E-state index contributed by atoms with van der Waals surface area (Å²) in [6.45, 7) is 1.19. The molecule has 2 heterocycles. The zero-order chi connectivity index (χ0) is 23.8. The van der Waals surface area contributed by atoms with Gasteiger partial charge >= 0.3 is 6.18 Å². The summed E-state index contributed by atoms with van der Waals surface area (Å²) in [6, 6.07) is 14.7. The summed E-state index contributed by atoms with van der Waals surface area (Å²) in [7, 11) is 0. The molecular weight excluding hydrogens is 437 g/mol. The van der Waals surface area contributed by atoms with Crippen molar-refractivity contribution >= 4 is 34.8 Å². The van der Waals surface area contributed by atoms with Crippen molar-refractivity contribution in [3.8, 4) is 0 Å². The molecule has 10 heteroatoms. The molecule has 1 aromatic heterocycles. The van der Waals surface area contributed by atoms with Crippen LogP contribution in [0.25, 0.3) is 0 Å². The number of aromatic nitrogens is 1. The minimum Gasteiger partial charge on any atom is -0.323 e. The first-order valence-corrected chi connectivity index (χ1v) is 9.80. The van der Waals surface area contributed by atoms with Crippen LogP contribution in [0.3, 0.4) is 0 Å². The first-order valence-electron chi connectivity index (χ1n) is 9.80. The summed E-state index contributed by atoms with van der Waals surface area (Å²) in [6.07, 6.45) is -4.60. The van der Waals surface area contributed by atoms with Gasteiger partial charge in [0.15, 0.2) is 0 Å². The zero-order valence-corrected chi connectivity index (χ0v) is 17.2. The lowest BCUT2D eigenvalue weighted by Crippen LogP contribution is -2.42. The number of hydrogen-bond acceptors (Lipinski definition) is 4. The molecule has 7 nitrogen and oxygen atoms in total. The molecule has 2 aromatic carbocycles. The van der Waals surface area contributed by atoms with E-state index < -0.39 is 23.7 Å². The van der Waals surface area contributed by atoms with Crippen molar-refractivity contribution < 1.29 is 27.6 Å². The highest BCUT2D eigenvalue weighted by Crippen LogP contribution is 2.30. The number of benzene rings is 2. The average molecular weight is 454 g/mol. The molecule has 0 unspecified atom stereocenters. The van der Waals surface area contributed by atoms with Crippen molar-refractivity contribution in [2.45, 2.75) is 13.1 Å². The molecule has 0 radical (unpaired) electrons. The van der Waals surface area contributed by atoms with Gasteiger partial charge in [0, 0.05) is 11.3 Å². The molecule has 0 bridgehead atoms. The first-order chi connectivity index (χ1) is 15.6. The predicted octanol–water partition coefficient (Wildman–Crippen LogP) is 4.26. The number of hydrogen-bond donors (Lipinski definition) is 2. The third-order valence-corrected chi connectivity index (χ3v) is 5.03. The quantitative estimate of drug-likeness (QED) is 0.619. The van der Waals surface area contributed by atoms with E-state index in [9.17, 15) is 27.6 Å². The van der Waals surface area contributed by atoms with Gasteiger partial charge in [0.2, 0.25) is 5.91 Å². The van der Waals surface area contributed by atoms with Crippen LogP contribution in [0.15, 0.2) is 60.7 Å². The Morgan fingerprint density at radius 1 is 1.03 bits per heavy atom. The Bertz CT molecular complexity index is 1260. The van der Waals surface area contributed by atoms with E-state index >= 15 is 0 Å². The summed E-state index contributed by atoms with van der Waals surface area (Å²) in [4.78, 5) is 42.2. The minimum atomic E-state index is -4.60. The predicted molar refractivity (Wildman–Crippen MR) is 115 cm³/mol. The van der Waals surface area contributed by atoms with Gasteiger partial charge in [-0.1, -0.05) is 12.1 Å². The molecule has 3 amide bonds. The van der Waals surface area contributed by atoms with Crippen LogP contribution in [-0.2, 0) is 11.0 Å². The zero-order valence-electron chi connectivity index (χ0n) is 17.2. The number of anilines is 3. The van der Waals surface area contributed by atoms with Gasteiger partial charge in [-0.05, 0) is 55.5 Å². The normalized spacial score (nSPS) is 13.2. The van der Waals surface area contributed by atoms with Crippen LogP contribution in [0, 0.1) is 6.92 Å². The van der Waals surface area contributed by atoms with Gasteiger partial charge in [-0.25, -0.2) is 4.98 Å². The highest BCUT2D eigenvalue weighted by Gasteiger charge is 2.33. The number of fused-ring (bicyclic) bond motifs is 1. The highest BCUT2D eigenvalue weighted by molar-refractivity contribution is 6.15. The number of nitrogens with zero attached hydrogens (tertiary/aromatic N) is 2. The number of amides is 3. The Morgan fingerprint density at radius 3 is 2.39 bits per heavy atom. The monoisotopic (exact) mass is 454 g/mol. The van der Waals surface area contributed by atoms with Gasteiger partial charge in [-0.3, -0.25) is 19.3 Å². The number of alkyl halides is 3. The van der Waals surface area contributed by atoms with E-state index in [1.54, 1.807) is 24.3 Å². The molecule has 0 fully saturated rings. The van der Waals surface area contributed by atoms with Crippen molar-refractivity contribution in [3.05, 3.63) is 83.2 Å². The average Bonchev–Trinajstić information content (AvgIpc) is 2.77. The number of rotatable bonds is 3. The summed E-state index contributed by atoms with van der Waals surface area (Å²) in [5, 5.41) is 5.29. The largest absolute Gasteiger partial charge is 0.433 e. The topological polar surface area (TPSA) is 91.4 Å². The molecule has 0 atom stereocenters. The lowest BCUT2D eigenvalue weighted by atomic mass is 10.1. The van der Waals surface area contributed by atoms with Crippen LogP contribution < -0.4 is 15.5 Å². The second-order valence-electron chi connectivity index (χ2n) is 7.32. The number of halogens is 3. The van der Waals surface area contributed by atoms with Crippen LogP contribution >= 0.6 is 0 Å². The standard InChI is InChI=1S/C23H17F3N4O3/c1-13-16(10-11-19(27-13)23(24,25)26)21(32)28-15-8-6-14(7-9-15)22(33)30-12-20(31)29-17-4-2-3-5-18(17)30/h2-11H,12H2,1H3,(H,28,32)(H,29,31). The summed E-state index contributed by atoms with van der Waals surface area (Å²) in [5.41, 5.74) is 0.608. The SMILES string of the molecule is Cc1nc(C(F)(F)F)ccc1C(=O)Nc1ccc(C(=O)N2CC(=O)Nc3ccccc32)cc1. The second-order valence-corrected chi connectivity index (χ2v) is 7.32. The van der Waals surface area contributed by atoms with Gasteiger partial charge in [0.1, 0.15) is 12.2 Å². The van der Waals surface area contributed by atoms with Crippen molar-refractivity contribution in [1.29, 1.82) is 0 Å². The van der Waals surface area contributed by atoms with E-state index in [1.165, 1.54) is 36.1 Å². The molecule has 0 saturated carbocycles. The lowest BCUT2D eigenvalue weighted by Gasteiger charge is -2.29. The van der Waals surface area contributed by atoms with Crippen molar-refractivity contribution in [3.63, 3.8) is 0 Å². The van der Waals surface area contributed by atoms with Gasteiger partial charge in [0.05, 0.1) is 22.6 Å². The fourth-order valence-corrected chi connectivity index (χ4v) is 3.42. The fraction of sp³-hybridized carbons (Fsp3) is 0.130. The minimum absolute atomic E-state index is 0.000843. The molecule has 33 heavy (non-hydrogen) atoms. The lowest BCUT2D eigenvalue weighted by molar-refractivity contribution is -0.141. The maximum absolute atomic E-state index is 13.0. The molecule has 0 aliphatic carbocycles. The molecule has 0 saturated heterocycles. The molecular formula is C23H17F3N4O3. The van der Waals surface area contributed by atoms with Crippen LogP contribution in [0.1, 0.15) is 32.1 Å². The van der Waals surface area contributed by atoms with Crippen molar-refractivity contribution in [2.24, 2.45) is 0 Å². The summed E-state index contributed by atoms with van der Waals surface area (Å²) in [5.74, 6) is -1.33. The van der Waals surface area contributed by atoms with E-state index in [0.29, 0.717) is 22.6 Å². The third kappa shape index (κ3) is 4.54. The Kier molecular flexibility index (Phi) is 5.59. The smallest absolute Gasteiger partial charge is 0.323 e. The molecule has 2 N–H and O–H groups in total. The van der Waals surface area contributed by atoms with Gasteiger partial charge < -0.3 is 10.6 Å². The molecule has 1 aliphatic rings. The van der Waals surface area contributed by atoms with E-state index in [2.05, 4.69) is 15.6 Å². The van der Waals surface area contributed by atoms with Gasteiger partial charge in [0.25, 0.3) is 11.8 Å². The van der Waals surface area contributed by atoms with Gasteiger partial charge in [-0.15, -0.1) is 0 Å². The Morgan fingerprint density at radius 2 is 1.73 bits per heavy atom. The Hall–Kier alpha value is -4.21. The number of aryl methyl sites for hydroxylation is 1. The van der Waals surface area contributed by atoms with Crippen molar-refractivity contribution in [2.75, 3.05) is 22.1 Å². The number of pyridine rings is 1. The molecule has 3 aromatic rings. The fourth-order valence-electron chi connectivity index (χ4n) is 3.42. The highest BCUT2D eigenvalue weighted by atomic mass is 19.4. The van der Waals surface area contributed by atoms with Crippen LogP contribution in [0.5, 0.6) is 0 Å². The summed E-state index contributed by atoms with van der Waals surface area (Å²) < 4.78 is 38.3. The summed E-state index contributed by atoms with van der Waals surface area (Å²) >= 11 is 0. The maximum atomic E-state index is 13.0. The number of carbonyl (C=O) groups is 3. The van der Waals surface area contributed by atoms with Crippen LogP contribution in [0.4, 0.5) is 30.2 Å². The first kappa shape index (κ1) is 22.0. The van der Waals surface area contributed by atoms with Crippen LogP contribution in [0.2, 0.25) is 0 Å². The molecule has 1 aliphatic heterocycles. The maximum Gasteiger partial charge on any atom is 0.433 e. The Balaban J connectivity index is 1.50. The number of nitrogens with one attached hydrogen (secondary N) is 2. The van der Waals surface area contributed by atoms with E-state index in [0.717, 1.165) is 12.1 Å². The van der Waals surface area contributed by atoms with Crippen molar-refractivity contribution in [1.82, 2.24) is 4.98 Å². The molecule has 4 rings (SSSR count). The van der Waals surface area contributed by atoms with E-state index in [-0.39, 0.29) is 23.7 Å². The third-order valence-electron chi connectivity index (χ3n) is 5.03. The van der Waals surface area contributed by atoms with E-state index in [1.807, 2.05) is 0 Å². The Labute approximate surface area is 186 Å². The van der Waals surface area contributed by atoms with E-state index in [4.69, 9.17) is 0 Å².